The van der Waals surface area contributed by atoms with Crippen LogP contribution in [0.15, 0.2) is 22.7 Å². The SMILES string of the molecule is CC(CN1CCCC1)NCc1cc(Br)ccc1I. The molecule has 1 aliphatic heterocycles. The molecule has 1 aromatic carbocycles. The molecule has 0 radical (unpaired) electrons. The normalized spacial score (nSPS) is 18.2. The van der Waals surface area contributed by atoms with Crippen LogP contribution < -0.4 is 5.32 Å². The van der Waals surface area contributed by atoms with Crippen molar-refractivity contribution in [2.45, 2.75) is 32.4 Å². The van der Waals surface area contributed by atoms with E-state index in [2.05, 4.69) is 73.9 Å². The van der Waals surface area contributed by atoms with Crippen LogP contribution >= 0.6 is 38.5 Å². The van der Waals surface area contributed by atoms with E-state index in [0.29, 0.717) is 6.04 Å². The summed E-state index contributed by atoms with van der Waals surface area (Å²) >= 11 is 5.94. The molecule has 4 heteroatoms. The molecule has 2 nitrogen and oxygen atoms in total. The maximum absolute atomic E-state index is 3.63. The highest BCUT2D eigenvalue weighted by atomic mass is 127. The van der Waals surface area contributed by atoms with Gasteiger partial charge in [0.15, 0.2) is 0 Å². The third-order valence-electron chi connectivity index (χ3n) is 3.38. The second-order valence-corrected chi connectivity index (χ2v) is 7.10. The predicted octanol–water partition coefficient (Wildman–Crippen LogP) is 3.63. The first-order chi connectivity index (χ1) is 8.65. The number of benzene rings is 1. The van der Waals surface area contributed by atoms with Crippen molar-refractivity contribution in [2.75, 3.05) is 19.6 Å². The van der Waals surface area contributed by atoms with Gasteiger partial charge in [-0.1, -0.05) is 15.9 Å². The van der Waals surface area contributed by atoms with Crippen LogP contribution in [0.25, 0.3) is 0 Å². The van der Waals surface area contributed by atoms with Crippen LogP contribution in [0.3, 0.4) is 0 Å². The van der Waals surface area contributed by atoms with Crippen molar-refractivity contribution < 1.29 is 0 Å². The van der Waals surface area contributed by atoms with E-state index >= 15 is 0 Å². The van der Waals surface area contributed by atoms with Gasteiger partial charge in [-0.15, -0.1) is 0 Å². The molecule has 2 rings (SSSR count). The van der Waals surface area contributed by atoms with Crippen molar-refractivity contribution in [3.05, 3.63) is 31.8 Å². The average Bonchev–Trinajstić information content (AvgIpc) is 2.83. The van der Waals surface area contributed by atoms with Crippen molar-refractivity contribution in [2.24, 2.45) is 0 Å². The molecule has 1 saturated heterocycles. The summed E-state index contributed by atoms with van der Waals surface area (Å²) in [6.45, 7) is 6.96. The monoisotopic (exact) mass is 422 g/mol. The van der Waals surface area contributed by atoms with Gasteiger partial charge in [0, 0.05) is 27.2 Å². The molecule has 1 aromatic rings. The first kappa shape index (κ1) is 14.8. The Hall–Kier alpha value is 0.350. The van der Waals surface area contributed by atoms with Crippen molar-refractivity contribution in [3.63, 3.8) is 0 Å². The number of rotatable bonds is 5. The molecule has 1 aliphatic rings. The van der Waals surface area contributed by atoms with Crippen LogP contribution in [0.2, 0.25) is 0 Å². The molecule has 0 aliphatic carbocycles. The smallest absolute Gasteiger partial charge is 0.0219 e. The van der Waals surface area contributed by atoms with Crippen LogP contribution in [0, 0.1) is 3.57 Å². The Balaban J connectivity index is 1.81. The summed E-state index contributed by atoms with van der Waals surface area (Å²) in [5.41, 5.74) is 1.37. The van der Waals surface area contributed by atoms with Crippen molar-refractivity contribution in [3.8, 4) is 0 Å². The van der Waals surface area contributed by atoms with Gasteiger partial charge in [0.25, 0.3) is 0 Å². The van der Waals surface area contributed by atoms with Crippen LogP contribution in [0.5, 0.6) is 0 Å². The van der Waals surface area contributed by atoms with Gasteiger partial charge < -0.3 is 10.2 Å². The van der Waals surface area contributed by atoms with Crippen LogP contribution in [0.4, 0.5) is 0 Å². The summed E-state index contributed by atoms with van der Waals surface area (Å²) in [5.74, 6) is 0. The fourth-order valence-electron chi connectivity index (χ4n) is 2.38. The molecule has 1 unspecified atom stereocenters. The Morgan fingerprint density at radius 2 is 2.11 bits per heavy atom. The van der Waals surface area contributed by atoms with E-state index in [9.17, 15) is 0 Å². The highest BCUT2D eigenvalue weighted by Crippen LogP contribution is 2.18. The fourth-order valence-corrected chi connectivity index (χ4v) is 3.31. The Bertz CT molecular complexity index is 391. The van der Waals surface area contributed by atoms with E-state index in [-0.39, 0.29) is 0 Å². The molecular weight excluding hydrogens is 403 g/mol. The Morgan fingerprint density at radius 3 is 2.83 bits per heavy atom. The lowest BCUT2D eigenvalue weighted by Crippen LogP contribution is -2.37. The molecule has 0 aromatic heterocycles. The number of nitrogens with one attached hydrogen (secondary N) is 1. The highest BCUT2D eigenvalue weighted by molar-refractivity contribution is 14.1. The maximum atomic E-state index is 3.63. The van der Waals surface area contributed by atoms with E-state index in [1.807, 2.05) is 0 Å². The van der Waals surface area contributed by atoms with E-state index in [4.69, 9.17) is 0 Å². The molecule has 0 spiro atoms. The maximum Gasteiger partial charge on any atom is 0.0219 e. The van der Waals surface area contributed by atoms with Crippen LogP contribution in [-0.4, -0.2) is 30.6 Å². The molecule has 100 valence electrons. The molecule has 18 heavy (non-hydrogen) atoms. The summed E-state index contributed by atoms with van der Waals surface area (Å²) in [6.07, 6.45) is 2.74. The molecule has 1 atom stereocenters. The molecule has 1 heterocycles. The van der Waals surface area contributed by atoms with Crippen LogP contribution in [0.1, 0.15) is 25.3 Å². The minimum atomic E-state index is 0.554. The van der Waals surface area contributed by atoms with Crippen molar-refractivity contribution in [1.29, 1.82) is 0 Å². The predicted molar refractivity (Wildman–Crippen MR) is 88.8 cm³/mol. The van der Waals surface area contributed by atoms with E-state index in [0.717, 1.165) is 11.0 Å². The number of hydrogen-bond acceptors (Lipinski definition) is 2. The van der Waals surface area contributed by atoms with Gasteiger partial charge in [-0.3, -0.25) is 0 Å². The third kappa shape index (κ3) is 4.47. The lowest BCUT2D eigenvalue weighted by molar-refractivity contribution is 0.298. The topological polar surface area (TPSA) is 15.3 Å². The number of likely N-dealkylation sites (tertiary alicyclic amines) is 1. The minimum absolute atomic E-state index is 0.554. The first-order valence-electron chi connectivity index (χ1n) is 6.55. The summed E-state index contributed by atoms with van der Waals surface area (Å²) in [7, 11) is 0. The van der Waals surface area contributed by atoms with Gasteiger partial charge in [-0.2, -0.15) is 0 Å². The lowest BCUT2D eigenvalue weighted by Gasteiger charge is -2.21. The summed E-state index contributed by atoms with van der Waals surface area (Å²) < 4.78 is 2.49. The quantitative estimate of drug-likeness (QED) is 0.729. The lowest BCUT2D eigenvalue weighted by atomic mass is 10.2. The van der Waals surface area contributed by atoms with E-state index in [1.54, 1.807) is 0 Å². The van der Waals surface area contributed by atoms with Gasteiger partial charge in [0.05, 0.1) is 0 Å². The average molecular weight is 423 g/mol. The Labute approximate surface area is 132 Å². The van der Waals surface area contributed by atoms with E-state index in [1.165, 1.54) is 41.6 Å². The molecule has 0 amide bonds. The summed E-state index contributed by atoms with van der Waals surface area (Å²) in [4.78, 5) is 2.56. The van der Waals surface area contributed by atoms with Crippen molar-refractivity contribution in [1.82, 2.24) is 10.2 Å². The number of halogens is 2. The van der Waals surface area contributed by atoms with Gasteiger partial charge >= 0.3 is 0 Å². The fraction of sp³-hybridized carbons (Fsp3) is 0.571. The molecule has 0 saturated carbocycles. The molecule has 1 fully saturated rings. The standard InChI is InChI=1S/C14H20BrIN2/c1-11(10-18-6-2-3-7-18)17-9-12-8-13(15)4-5-14(12)16/h4-5,8,11,17H,2-3,6-7,9-10H2,1H3. The number of hydrogen-bond donors (Lipinski definition) is 1. The van der Waals surface area contributed by atoms with Gasteiger partial charge in [0.2, 0.25) is 0 Å². The zero-order chi connectivity index (χ0) is 13.0. The van der Waals surface area contributed by atoms with Crippen molar-refractivity contribution >= 4 is 38.5 Å². The van der Waals surface area contributed by atoms with Gasteiger partial charge in [0.1, 0.15) is 0 Å². The second kappa shape index (κ2) is 7.22. The van der Waals surface area contributed by atoms with Gasteiger partial charge in [-0.25, -0.2) is 0 Å². The Kier molecular flexibility index (Phi) is 5.92. The highest BCUT2D eigenvalue weighted by Gasteiger charge is 2.14. The van der Waals surface area contributed by atoms with E-state index < -0.39 is 0 Å². The molecular formula is C14H20BrIN2. The van der Waals surface area contributed by atoms with Crippen LogP contribution in [-0.2, 0) is 6.54 Å². The third-order valence-corrected chi connectivity index (χ3v) is 4.93. The summed E-state index contributed by atoms with van der Waals surface area (Å²) in [6, 6.07) is 7.01. The number of nitrogens with zero attached hydrogens (tertiary/aromatic N) is 1. The first-order valence-corrected chi connectivity index (χ1v) is 8.42. The second-order valence-electron chi connectivity index (χ2n) is 5.03. The van der Waals surface area contributed by atoms with Gasteiger partial charge in [-0.05, 0) is 79.2 Å². The zero-order valence-corrected chi connectivity index (χ0v) is 14.5. The molecule has 0 bridgehead atoms. The largest absolute Gasteiger partial charge is 0.309 e. The molecule has 1 N–H and O–H groups in total. The zero-order valence-electron chi connectivity index (χ0n) is 10.8. The summed E-state index contributed by atoms with van der Waals surface area (Å²) in [5, 5.41) is 3.63. The Morgan fingerprint density at radius 1 is 1.39 bits per heavy atom. The minimum Gasteiger partial charge on any atom is -0.309 e.